The number of halogens is 1. The third-order valence-electron chi connectivity index (χ3n) is 2.88. The van der Waals surface area contributed by atoms with Crippen LogP contribution in [0, 0.1) is 0 Å². The molecule has 1 aromatic carbocycles. The van der Waals surface area contributed by atoms with Crippen LogP contribution in [0.2, 0.25) is 5.02 Å². The molecule has 0 bridgehead atoms. The molecule has 0 amide bonds. The highest BCUT2D eigenvalue weighted by Crippen LogP contribution is 2.28. The van der Waals surface area contributed by atoms with E-state index in [-0.39, 0.29) is 6.04 Å². The van der Waals surface area contributed by atoms with Crippen LogP contribution in [-0.4, -0.2) is 7.05 Å². The summed E-state index contributed by atoms with van der Waals surface area (Å²) in [5.41, 5.74) is 7.84. The molecular weight excluding hydrogens is 248 g/mol. The zero-order valence-corrected chi connectivity index (χ0v) is 11.3. The molecule has 4 heteroatoms. The predicted molar refractivity (Wildman–Crippen MR) is 74.9 cm³/mol. The Balaban J connectivity index is 2.17. The summed E-state index contributed by atoms with van der Waals surface area (Å²) >= 11 is 6.28. The molecule has 2 aromatic rings. The van der Waals surface area contributed by atoms with E-state index in [1.54, 1.807) is 6.26 Å². The van der Waals surface area contributed by atoms with Gasteiger partial charge in [-0.1, -0.05) is 17.7 Å². The second-order valence-corrected chi connectivity index (χ2v) is 4.84. The zero-order valence-electron chi connectivity index (χ0n) is 10.6. The summed E-state index contributed by atoms with van der Waals surface area (Å²) < 4.78 is 5.32. The van der Waals surface area contributed by atoms with Crippen molar-refractivity contribution in [2.24, 2.45) is 5.73 Å². The Morgan fingerprint density at radius 1 is 1.39 bits per heavy atom. The van der Waals surface area contributed by atoms with E-state index in [2.05, 4.69) is 0 Å². The Morgan fingerprint density at radius 2 is 2.17 bits per heavy atom. The van der Waals surface area contributed by atoms with E-state index in [4.69, 9.17) is 21.8 Å². The highest BCUT2D eigenvalue weighted by Gasteiger charge is 2.10. The number of rotatable bonds is 4. The van der Waals surface area contributed by atoms with Crippen LogP contribution < -0.4 is 10.6 Å². The first-order valence-electron chi connectivity index (χ1n) is 5.86. The van der Waals surface area contributed by atoms with Gasteiger partial charge < -0.3 is 15.1 Å². The van der Waals surface area contributed by atoms with Crippen molar-refractivity contribution in [2.45, 2.75) is 19.5 Å². The lowest BCUT2D eigenvalue weighted by Gasteiger charge is -2.20. The Morgan fingerprint density at radius 3 is 2.72 bits per heavy atom. The van der Waals surface area contributed by atoms with Crippen LogP contribution in [0.4, 0.5) is 5.69 Å². The maximum atomic E-state index is 6.28. The van der Waals surface area contributed by atoms with Crippen LogP contribution >= 0.6 is 11.6 Å². The molecule has 0 aliphatic rings. The van der Waals surface area contributed by atoms with Crippen LogP contribution in [-0.2, 0) is 6.54 Å². The van der Waals surface area contributed by atoms with E-state index < -0.39 is 0 Å². The first-order valence-corrected chi connectivity index (χ1v) is 6.24. The molecule has 3 nitrogen and oxygen atoms in total. The van der Waals surface area contributed by atoms with Crippen molar-refractivity contribution in [2.75, 3.05) is 11.9 Å². The zero-order chi connectivity index (χ0) is 13.1. The normalized spacial score (nSPS) is 12.4. The highest BCUT2D eigenvalue weighted by atomic mass is 35.5. The summed E-state index contributed by atoms with van der Waals surface area (Å²) in [4.78, 5) is 2.05. The average Bonchev–Trinajstić information content (AvgIpc) is 2.81. The van der Waals surface area contributed by atoms with Crippen molar-refractivity contribution in [3.63, 3.8) is 0 Å². The molecule has 0 saturated carbocycles. The summed E-state index contributed by atoms with van der Waals surface area (Å²) in [6, 6.07) is 9.73. The van der Waals surface area contributed by atoms with Crippen molar-refractivity contribution in [3.8, 4) is 0 Å². The van der Waals surface area contributed by atoms with Gasteiger partial charge in [0.05, 0.1) is 23.5 Å². The van der Waals surface area contributed by atoms with Gasteiger partial charge in [-0.3, -0.25) is 0 Å². The van der Waals surface area contributed by atoms with Crippen LogP contribution in [0.15, 0.2) is 41.0 Å². The van der Waals surface area contributed by atoms with Crippen molar-refractivity contribution >= 4 is 17.3 Å². The van der Waals surface area contributed by atoms with E-state index in [1.807, 2.05) is 49.2 Å². The third kappa shape index (κ3) is 2.86. The van der Waals surface area contributed by atoms with Gasteiger partial charge in [-0.2, -0.15) is 0 Å². The Hall–Kier alpha value is -1.45. The average molecular weight is 265 g/mol. The van der Waals surface area contributed by atoms with Crippen LogP contribution in [0.1, 0.15) is 24.3 Å². The summed E-state index contributed by atoms with van der Waals surface area (Å²) in [5.74, 6) is 0.907. The minimum absolute atomic E-state index is 0.00747. The predicted octanol–water partition coefficient (Wildman–Crippen LogP) is 3.59. The third-order valence-corrected chi connectivity index (χ3v) is 3.18. The van der Waals surface area contributed by atoms with Gasteiger partial charge in [-0.25, -0.2) is 0 Å². The molecule has 0 fully saturated rings. The Kier molecular flexibility index (Phi) is 3.94. The highest BCUT2D eigenvalue weighted by molar-refractivity contribution is 6.33. The van der Waals surface area contributed by atoms with Crippen molar-refractivity contribution in [1.29, 1.82) is 0 Å². The van der Waals surface area contributed by atoms with Crippen molar-refractivity contribution in [1.82, 2.24) is 0 Å². The number of furan rings is 1. The summed E-state index contributed by atoms with van der Waals surface area (Å²) in [6.45, 7) is 2.63. The second-order valence-electron chi connectivity index (χ2n) is 4.43. The van der Waals surface area contributed by atoms with Crippen LogP contribution in [0.25, 0.3) is 0 Å². The molecule has 0 aliphatic carbocycles. The molecule has 0 saturated heterocycles. The Labute approximate surface area is 112 Å². The van der Waals surface area contributed by atoms with Crippen LogP contribution in [0.5, 0.6) is 0 Å². The van der Waals surface area contributed by atoms with Gasteiger partial charge in [0.1, 0.15) is 5.76 Å². The number of anilines is 1. The molecule has 0 aliphatic heterocycles. The number of benzene rings is 1. The monoisotopic (exact) mass is 264 g/mol. The molecular formula is C14H17ClN2O. The van der Waals surface area contributed by atoms with E-state index in [0.29, 0.717) is 11.6 Å². The molecule has 1 atom stereocenters. The minimum atomic E-state index is -0.00747. The summed E-state index contributed by atoms with van der Waals surface area (Å²) in [7, 11) is 1.98. The molecule has 1 heterocycles. The fraction of sp³-hybridized carbons (Fsp3) is 0.286. The number of hydrogen-bond donors (Lipinski definition) is 1. The quantitative estimate of drug-likeness (QED) is 0.918. The van der Waals surface area contributed by atoms with Crippen LogP contribution in [0.3, 0.4) is 0 Å². The molecule has 0 spiro atoms. The van der Waals surface area contributed by atoms with E-state index >= 15 is 0 Å². The maximum Gasteiger partial charge on any atom is 0.123 e. The molecule has 1 unspecified atom stereocenters. The lowest BCUT2D eigenvalue weighted by molar-refractivity contribution is 0.507. The number of nitrogens with zero attached hydrogens (tertiary/aromatic N) is 1. The topological polar surface area (TPSA) is 42.4 Å². The van der Waals surface area contributed by atoms with Gasteiger partial charge in [0.25, 0.3) is 0 Å². The second kappa shape index (κ2) is 5.46. The summed E-state index contributed by atoms with van der Waals surface area (Å²) in [5, 5.41) is 0.707. The molecule has 1 aromatic heterocycles. The van der Waals surface area contributed by atoms with E-state index in [9.17, 15) is 0 Å². The van der Waals surface area contributed by atoms with Gasteiger partial charge in [0.2, 0.25) is 0 Å². The maximum absolute atomic E-state index is 6.28. The molecule has 2 rings (SSSR count). The number of nitrogens with two attached hydrogens (primary N) is 1. The molecule has 96 valence electrons. The first kappa shape index (κ1) is 13.0. The van der Waals surface area contributed by atoms with Gasteiger partial charge in [0.15, 0.2) is 0 Å². The van der Waals surface area contributed by atoms with Gasteiger partial charge >= 0.3 is 0 Å². The Bertz CT molecular complexity index is 509. The molecule has 0 radical (unpaired) electrons. The minimum Gasteiger partial charge on any atom is -0.467 e. The van der Waals surface area contributed by atoms with Gasteiger partial charge in [-0.05, 0) is 36.8 Å². The standard InChI is InChI=1S/C14H17ClN2O/c1-10(16)11-5-6-14(13(15)8-11)17(2)9-12-4-3-7-18-12/h3-8,10H,9,16H2,1-2H3. The fourth-order valence-electron chi connectivity index (χ4n) is 1.84. The van der Waals surface area contributed by atoms with E-state index in [1.165, 1.54) is 0 Å². The summed E-state index contributed by atoms with van der Waals surface area (Å²) in [6.07, 6.45) is 1.67. The van der Waals surface area contributed by atoms with Crippen molar-refractivity contribution < 1.29 is 4.42 Å². The van der Waals surface area contributed by atoms with Gasteiger partial charge in [-0.15, -0.1) is 0 Å². The number of hydrogen-bond acceptors (Lipinski definition) is 3. The fourth-order valence-corrected chi connectivity index (χ4v) is 2.17. The van der Waals surface area contributed by atoms with E-state index in [0.717, 1.165) is 17.0 Å². The molecule has 2 N–H and O–H groups in total. The lowest BCUT2D eigenvalue weighted by Crippen LogP contribution is -2.16. The van der Waals surface area contributed by atoms with Crippen molar-refractivity contribution in [3.05, 3.63) is 52.9 Å². The van der Waals surface area contributed by atoms with Gasteiger partial charge in [0, 0.05) is 13.1 Å². The lowest BCUT2D eigenvalue weighted by atomic mass is 10.1. The first-order chi connectivity index (χ1) is 8.58. The SMILES string of the molecule is CC(N)c1ccc(N(C)Cc2ccco2)c(Cl)c1. The largest absolute Gasteiger partial charge is 0.467 e. The smallest absolute Gasteiger partial charge is 0.123 e. The molecule has 18 heavy (non-hydrogen) atoms.